The smallest absolute Gasteiger partial charge is 0.321 e. The van der Waals surface area contributed by atoms with Crippen LogP contribution in [0.4, 0.5) is 10.5 Å². The number of carbonyl (C=O) groups excluding carboxylic acids is 2. The van der Waals surface area contributed by atoms with Gasteiger partial charge in [-0.15, -0.1) is 0 Å². The number of hydrogen-bond donors (Lipinski definition) is 2. The van der Waals surface area contributed by atoms with Gasteiger partial charge < -0.3 is 25.0 Å². The van der Waals surface area contributed by atoms with Gasteiger partial charge in [0, 0.05) is 25.2 Å². The summed E-state index contributed by atoms with van der Waals surface area (Å²) in [5, 5.41) is 5.90. The van der Waals surface area contributed by atoms with Crippen molar-refractivity contribution >= 4 is 17.6 Å². The van der Waals surface area contributed by atoms with Crippen LogP contribution in [-0.2, 0) is 0 Å². The van der Waals surface area contributed by atoms with Gasteiger partial charge in [0.05, 0.1) is 19.9 Å². The monoisotopic (exact) mass is 397 g/mol. The molecule has 0 aliphatic carbocycles. The van der Waals surface area contributed by atoms with Crippen molar-refractivity contribution in [2.75, 3.05) is 39.2 Å². The number of benzene rings is 2. The second-order valence-electron chi connectivity index (χ2n) is 7.00. The van der Waals surface area contributed by atoms with Gasteiger partial charge in [0.15, 0.2) is 0 Å². The van der Waals surface area contributed by atoms with E-state index in [0.717, 1.165) is 12.8 Å². The average molecular weight is 397 g/mol. The minimum absolute atomic E-state index is 0.111. The van der Waals surface area contributed by atoms with Crippen LogP contribution in [0, 0.1) is 5.92 Å². The van der Waals surface area contributed by atoms with Crippen LogP contribution >= 0.6 is 0 Å². The number of nitrogens with zero attached hydrogens (tertiary/aromatic N) is 1. The predicted octanol–water partition coefficient (Wildman–Crippen LogP) is 3.38. The lowest BCUT2D eigenvalue weighted by atomic mass is 9.97. The van der Waals surface area contributed by atoms with Crippen molar-refractivity contribution in [3.05, 3.63) is 54.1 Å². The molecule has 0 saturated carbocycles. The van der Waals surface area contributed by atoms with Crippen molar-refractivity contribution in [1.82, 2.24) is 10.2 Å². The third kappa shape index (κ3) is 5.40. The summed E-state index contributed by atoms with van der Waals surface area (Å²) in [7, 11) is 3.16. The molecule has 0 atom stereocenters. The highest BCUT2D eigenvalue weighted by Crippen LogP contribution is 2.24. The fraction of sp³-hybridized carbons (Fsp3) is 0.364. The molecule has 0 bridgehead atoms. The van der Waals surface area contributed by atoms with Crippen molar-refractivity contribution in [1.29, 1.82) is 0 Å². The lowest BCUT2D eigenvalue weighted by Crippen LogP contribution is -2.43. The Morgan fingerprint density at radius 1 is 1.03 bits per heavy atom. The first-order chi connectivity index (χ1) is 14.1. The maximum Gasteiger partial charge on any atom is 0.321 e. The summed E-state index contributed by atoms with van der Waals surface area (Å²) in [6.07, 6.45) is 1.69. The summed E-state index contributed by atoms with van der Waals surface area (Å²) in [5.41, 5.74) is 1.24. The van der Waals surface area contributed by atoms with E-state index in [0.29, 0.717) is 48.3 Å². The number of para-hydroxylation sites is 2. The molecule has 0 aromatic heterocycles. The number of carbonyl (C=O) groups is 2. The van der Waals surface area contributed by atoms with E-state index in [1.165, 1.54) is 0 Å². The molecule has 29 heavy (non-hydrogen) atoms. The van der Waals surface area contributed by atoms with Gasteiger partial charge in [-0.2, -0.15) is 0 Å². The van der Waals surface area contributed by atoms with Crippen LogP contribution in [-0.4, -0.2) is 50.7 Å². The Morgan fingerprint density at radius 2 is 1.79 bits per heavy atom. The molecule has 2 aromatic rings. The maximum atomic E-state index is 12.5. The van der Waals surface area contributed by atoms with Gasteiger partial charge in [-0.3, -0.25) is 4.79 Å². The zero-order valence-corrected chi connectivity index (χ0v) is 16.8. The van der Waals surface area contributed by atoms with Crippen LogP contribution < -0.4 is 20.1 Å². The van der Waals surface area contributed by atoms with E-state index >= 15 is 0 Å². The van der Waals surface area contributed by atoms with E-state index in [2.05, 4.69) is 10.6 Å². The predicted molar refractivity (Wildman–Crippen MR) is 112 cm³/mol. The minimum atomic E-state index is -0.131. The van der Waals surface area contributed by atoms with E-state index in [9.17, 15) is 9.59 Å². The van der Waals surface area contributed by atoms with Crippen LogP contribution in [0.2, 0.25) is 0 Å². The number of ether oxygens (including phenoxy) is 2. The van der Waals surface area contributed by atoms with Crippen molar-refractivity contribution in [2.45, 2.75) is 12.8 Å². The molecular formula is C22H27N3O4. The topological polar surface area (TPSA) is 79.9 Å². The first-order valence-corrected chi connectivity index (χ1v) is 9.72. The number of hydrogen-bond acceptors (Lipinski definition) is 4. The van der Waals surface area contributed by atoms with Gasteiger partial charge in [-0.05, 0) is 49.1 Å². The second-order valence-corrected chi connectivity index (χ2v) is 7.00. The van der Waals surface area contributed by atoms with E-state index < -0.39 is 0 Å². The molecule has 154 valence electrons. The SMILES string of the molecule is COc1cccc(C(=O)NCC2CCN(C(=O)Nc3ccccc3OC)CC2)c1. The fourth-order valence-electron chi connectivity index (χ4n) is 3.39. The number of amides is 3. The van der Waals surface area contributed by atoms with Gasteiger partial charge in [0.1, 0.15) is 11.5 Å². The van der Waals surface area contributed by atoms with Crippen LogP contribution in [0.25, 0.3) is 0 Å². The van der Waals surface area contributed by atoms with E-state index in [-0.39, 0.29) is 11.9 Å². The molecule has 0 spiro atoms. The van der Waals surface area contributed by atoms with Crippen LogP contribution in [0.15, 0.2) is 48.5 Å². The Kier molecular flexibility index (Phi) is 6.94. The van der Waals surface area contributed by atoms with Gasteiger partial charge in [-0.1, -0.05) is 18.2 Å². The number of methoxy groups -OCH3 is 2. The van der Waals surface area contributed by atoms with E-state index in [1.54, 1.807) is 37.3 Å². The van der Waals surface area contributed by atoms with Gasteiger partial charge >= 0.3 is 6.03 Å². The number of anilines is 1. The maximum absolute atomic E-state index is 12.5. The number of likely N-dealkylation sites (tertiary alicyclic amines) is 1. The Balaban J connectivity index is 1.45. The Labute approximate surface area is 171 Å². The quantitative estimate of drug-likeness (QED) is 0.783. The average Bonchev–Trinajstić information content (AvgIpc) is 2.78. The normalized spacial score (nSPS) is 14.2. The summed E-state index contributed by atoms with van der Waals surface area (Å²) in [5.74, 6) is 1.53. The third-order valence-electron chi connectivity index (χ3n) is 5.13. The largest absolute Gasteiger partial charge is 0.497 e. The molecule has 0 radical (unpaired) electrons. The molecule has 0 unspecified atom stereocenters. The molecule has 7 nitrogen and oxygen atoms in total. The van der Waals surface area contributed by atoms with Gasteiger partial charge in [0.2, 0.25) is 0 Å². The van der Waals surface area contributed by atoms with Gasteiger partial charge in [0.25, 0.3) is 5.91 Å². The zero-order chi connectivity index (χ0) is 20.6. The van der Waals surface area contributed by atoms with Gasteiger partial charge in [-0.25, -0.2) is 4.79 Å². The summed E-state index contributed by atoms with van der Waals surface area (Å²) < 4.78 is 10.4. The summed E-state index contributed by atoms with van der Waals surface area (Å²) in [4.78, 5) is 26.7. The number of rotatable bonds is 6. The zero-order valence-electron chi connectivity index (χ0n) is 16.8. The highest BCUT2D eigenvalue weighted by Gasteiger charge is 2.24. The molecule has 3 amide bonds. The lowest BCUT2D eigenvalue weighted by Gasteiger charge is -2.32. The Morgan fingerprint density at radius 3 is 2.52 bits per heavy atom. The Bertz CT molecular complexity index is 847. The van der Waals surface area contributed by atoms with E-state index in [1.807, 2.05) is 30.3 Å². The molecule has 2 aromatic carbocycles. The molecule has 2 N–H and O–H groups in total. The lowest BCUT2D eigenvalue weighted by molar-refractivity contribution is 0.0938. The highest BCUT2D eigenvalue weighted by atomic mass is 16.5. The third-order valence-corrected chi connectivity index (χ3v) is 5.13. The summed E-state index contributed by atoms with van der Waals surface area (Å²) >= 11 is 0. The van der Waals surface area contributed by atoms with Crippen LogP contribution in [0.1, 0.15) is 23.2 Å². The Hall–Kier alpha value is -3.22. The number of urea groups is 1. The van der Waals surface area contributed by atoms with Crippen molar-refractivity contribution in [3.63, 3.8) is 0 Å². The minimum Gasteiger partial charge on any atom is -0.497 e. The fourth-order valence-corrected chi connectivity index (χ4v) is 3.39. The number of piperidine rings is 1. The molecule has 1 saturated heterocycles. The van der Waals surface area contributed by atoms with Crippen molar-refractivity contribution < 1.29 is 19.1 Å². The summed E-state index contributed by atoms with van der Waals surface area (Å²) in [6, 6.07) is 14.3. The molecule has 1 fully saturated rings. The molecular weight excluding hydrogens is 370 g/mol. The summed E-state index contributed by atoms with van der Waals surface area (Å²) in [6.45, 7) is 1.90. The van der Waals surface area contributed by atoms with Crippen molar-refractivity contribution in [2.24, 2.45) is 5.92 Å². The van der Waals surface area contributed by atoms with Crippen LogP contribution in [0.5, 0.6) is 11.5 Å². The second kappa shape index (κ2) is 9.82. The van der Waals surface area contributed by atoms with E-state index in [4.69, 9.17) is 9.47 Å². The van der Waals surface area contributed by atoms with Crippen LogP contribution in [0.3, 0.4) is 0 Å². The molecule has 1 aliphatic heterocycles. The molecule has 1 aliphatic rings. The first kappa shape index (κ1) is 20.5. The first-order valence-electron chi connectivity index (χ1n) is 9.72. The standard InChI is InChI=1S/C22H27N3O4/c1-28-18-7-5-6-17(14-18)21(26)23-15-16-10-12-25(13-11-16)22(27)24-19-8-3-4-9-20(19)29-2/h3-9,14,16H,10-13,15H2,1-2H3,(H,23,26)(H,24,27). The van der Waals surface area contributed by atoms with Crippen molar-refractivity contribution in [3.8, 4) is 11.5 Å². The molecule has 3 rings (SSSR count). The molecule has 7 heteroatoms. The number of nitrogens with one attached hydrogen (secondary N) is 2. The highest BCUT2D eigenvalue weighted by molar-refractivity contribution is 5.94. The molecule has 1 heterocycles.